The van der Waals surface area contributed by atoms with Gasteiger partial charge < -0.3 is 10.5 Å². The molecule has 1 aromatic rings. The molecular weight excluding hydrogens is 166 g/mol. The molecule has 0 amide bonds. The molecule has 0 radical (unpaired) electrons. The molecule has 1 heterocycles. The van der Waals surface area contributed by atoms with Crippen LogP contribution in [0.4, 0.5) is 5.82 Å². The van der Waals surface area contributed by atoms with Crippen LogP contribution in [-0.4, -0.2) is 15.8 Å². The summed E-state index contributed by atoms with van der Waals surface area (Å²) in [6.45, 7) is 6.07. The molecule has 0 saturated heterocycles. The Labute approximate surface area is 78.1 Å². The minimum absolute atomic E-state index is 0.204. The number of hydrogen-bond donors (Lipinski definition) is 1. The van der Waals surface area contributed by atoms with Crippen LogP contribution in [0.2, 0.25) is 0 Å². The fraction of sp³-hybridized carbons (Fsp3) is 0.556. The van der Waals surface area contributed by atoms with Crippen LogP contribution in [0.25, 0.3) is 0 Å². The normalized spacial score (nSPS) is 11.3. The van der Waals surface area contributed by atoms with Gasteiger partial charge in [-0.2, -0.15) is 0 Å². The molecule has 2 N–H and O–H groups in total. The molecule has 4 heteroatoms. The Kier molecular flexibility index (Phi) is 2.70. The summed E-state index contributed by atoms with van der Waals surface area (Å²) in [5.41, 5.74) is 5.19. The Morgan fingerprint density at radius 2 is 2.08 bits per heavy atom. The van der Waals surface area contributed by atoms with Gasteiger partial charge in [-0.1, -0.05) is 6.92 Å². The van der Waals surface area contributed by atoms with Crippen molar-refractivity contribution < 1.29 is 4.74 Å². The number of hydrogen-bond acceptors (Lipinski definition) is 4. The number of nitrogens with two attached hydrogens (primary N) is 1. The third kappa shape index (κ3) is 2.89. The topological polar surface area (TPSA) is 61.0 Å². The molecule has 72 valence electrons. The third-order valence-corrected chi connectivity index (χ3v) is 1.89. The van der Waals surface area contributed by atoms with E-state index in [1.54, 1.807) is 12.1 Å². The number of anilines is 1. The van der Waals surface area contributed by atoms with Crippen molar-refractivity contribution in [2.24, 2.45) is 0 Å². The highest BCUT2D eigenvalue weighted by atomic mass is 16.5. The molecule has 0 spiro atoms. The summed E-state index contributed by atoms with van der Waals surface area (Å²) < 4.78 is 5.58. The Balaban J connectivity index is 2.69. The number of rotatable bonds is 3. The van der Waals surface area contributed by atoms with Crippen LogP contribution in [0, 0.1) is 0 Å². The molecule has 4 nitrogen and oxygen atoms in total. The van der Waals surface area contributed by atoms with Crippen LogP contribution in [-0.2, 0) is 0 Å². The van der Waals surface area contributed by atoms with E-state index >= 15 is 0 Å². The molecule has 0 fully saturated rings. The molecule has 0 aliphatic rings. The highest BCUT2D eigenvalue weighted by Gasteiger charge is 2.17. The number of nitrogen functional groups attached to an aromatic ring is 1. The molecule has 0 saturated carbocycles. The lowest BCUT2D eigenvalue weighted by Gasteiger charge is -2.23. The lowest BCUT2D eigenvalue weighted by atomic mass is 10.1. The summed E-state index contributed by atoms with van der Waals surface area (Å²) in [4.78, 5) is 0. The number of ether oxygens (including phenoxy) is 1. The third-order valence-electron chi connectivity index (χ3n) is 1.89. The first kappa shape index (κ1) is 9.77. The zero-order valence-corrected chi connectivity index (χ0v) is 8.24. The fourth-order valence-corrected chi connectivity index (χ4v) is 0.740. The van der Waals surface area contributed by atoms with Gasteiger partial charge in [0.1, 0.15) is 11.4 Å². The zero-order valence-electron chi connectivity index (χ0n) is 8.24. The van der Waals surface area contributed by atoms with E-state index < -0.39 is 0 Å². The van der Waals surface area contributed by atoms with E-state index in [9.17, 15) is 0 Å². The molecule has 0 aliphatic heterocycles. The van der Waals surface area contributed by atoms with Gasteiger partial charge in [-0.15, -0.1) is 10.2 Å². The lowest BCUT2D eigenvalue weighted by Crippen LogP contribution is -2.27. The Morgan fingerprint density at radius 3 is 2.54 bits per heavy atom. The van der Waals surface area contributed by atoms with Crippen LogP contribution in [0.15, 0.2) is 12.1 Å². The monoisotopic (exact) mass is 181 g/mol. The average molecular weight is 181 g/mol. The second kappa shape index (κ2) is 3.60. The first-order chi connectivity index (χ1) is 6.03. The zero-order chi connectivity index (χ0) is 9.90. The molecule has 0 bridgehead atoms. The summed E-state index contributed by atoms with van der Waals surface area (Å²) >= 11 is 0. The van der Waals surface area contributed by atoms with Crippen LogP contribution >= 0.6 is 0 Å². The van der Waals surface area contributed by atoms with E-state index in [1.165, 1.54) is 0 Å². The smallest absolute Gasteiger partial charge is 0.234 e. The summed E-state index contributed by atoms with van der Waals surface area (Å²) in [5, 5.41) is 7.51. The molecule has 0 aliphatic carbocycles. The van der Waals surface area contributed by atoms with Gasteiger partial charge in [0, 0.05) is 6.07 Å². The molecular formula is C9H15N3O. The quantitative estimate of drug-likeness (QED) is 0.769. The van der Waals surface area contributed by atoms with E-state index in [1.807, 2.05) is 13.8 Å². The highest BCUT2D eigenvalue weighted by molar-refractivity contribution is 5.27. The van der Waals surface area contributed by atoms with Crippen molar-refractivity contribution in [3.8, 4) is 5.88 Å². The molecule has 1 rings (SSSR count). The lowest BCUT2D eigenvalue weighted by molar-refractivity contribution is 0.0977. The van der Waals surface area contributed by atoms with Gasteiger partial charge in [-0.05, 0) is 26.3 Å². The van der Waals surface area contributed by atoms with Crippen molar-refractivity contribution in [2.45, 2.75) is 32.8 Å². The summed E-state index contributed by atoms with van der Waals surface area (Å²) in [6.07, 6.45) is 0.916. The highest BCUT2D eigenvalue weighted by Crippen LogP contribution is 2.17. The average Bonchev–Trinajstić information content (AvgIpc) is 2.09. The first-order valence-electron chi connectivity index (χ1n) is 4.32. The van der Waals surface area contributed by atoms with Crippen LogP contribution in [0.1, 0.15) is 27.2 Å². The van der Waals surface area contributed by atoms with E-state index in [4.69, 9.17) is 10.5 Å². The van der Waals surface area contributed by atoms with Crippen molar-refractivity contribution in [1.82, 2.24) is 10.2 Å². The van der Waals surface area contributed by atoms with E-state index in [0.717, 1.165) is 6.42 Å². The van der Waals surface area contributed by atoms with Crippen molar-refractivity contribution in [3.05, 3.63) is 12.1 Å². The second-order valence-corrected chi connectivity index (χ2v) is 3.51. The number of aromatic nitrogens is 2. The minimum Gasteiger partial charge on any atom is -0.471 e. The maximum Gasteiger partial charge on any atom is 0.234 e. The minimum atomic E-state index is -0.204. The standard InChI is InChI=1S/C9H15N3O/c1-4-9(2,3)13-8-6-5-7(10)11-12-8/h5-6H,4H2,1-3H3,(H2,10,11). The van der Waals surface area contributed by atoms with E-state index in [2.05, 4.69) is 17.1 Å². The van der Waals surface area contributed by atoms with Crippen LogP contribution in [0.5, 0.6) is 5.88 Å². The largest absolute Gasteiger partial charge is 0.471 e. The van der Waals surface area contributed by atoms with Crippen molar-refractivity contribution >= 4 is 5.82 Å². The Bertz CT molecular complexity index is 269. The molecule has 0 unspecified atom stereocenters. The Morgan fingerprint density at radius 1 is 1.38 bits per heavy atom. The second-order valence-electron chi connectivity index (χ2n) is 3.51. The van der Waals surface area contributed by atoms with Gasteiger partial charge >= 0.3 is 0 Å². The molecule has 0 aromatic carbocycles. The van der Waals surface area contributed by atoms with Gasteiger partial charge in [-0.25, -0.2) is 0 Å². The predicted molar refractivity (Wildman–Crippen MR) is 51.4 cm³/mol. The molecule has 0 atom stereocenters. The predicted octanol–water partition coefficient (Wildman–Crippen LogP) is 1.63. The van der Waals surface area contributed by atoms with Gasteiger partial charge in [0.2, 0.25) is 5.88 Å². The van der Waals surface area contributed by atoms with Crippen LogP contribution in [0.3, 0.4) is 0 Å². The van der Waals surface area contributed by atoms with Crippen molar-refractivity contribution in [2.75, 3.05) is 5.73 Å². The van der Waals surface area contributed by atoms with E-state index in [-0.39, 0.29) is 5.60 Å². The SMILES string of the molecule is CCC(C)(C)Oc1ccc(N)nn1. The maximum absolute atomic E-state index is 5.58. The summed E-state index contributed by atoms with van der Waals surface area (Å²) in [7, 11) is 0. The molecule has 1 aromatic heterocycles. The molecule has 13 heavy (non-hydrogen) atoms. The summed E-state index contributed by atoms with van der Waals surface area (Å²) in [5.74, 6) is 0.919. The first-order valence-corrected chi connectivity index (χ1v) is 4.32. The van der Waals surface area contributed by atoms with Gasteiger partial charge in [0.15, 0.2) is 0 Å². The van der Waals surface area contributed by atoms with E-state index in [0.29, 0.717) is 11.7 Å². The van der Waals surface area contributed by atoms with Gasteiger partial charge in [-0.3, -0.25) is 0 Å². The van der Waals surface area contributed by atoms with Crippen molar-refractivity contribution in [3.63, 3.8) is 0 Å². The Hall–Kier alpha value is -1.32. The summed E-state index contributed by atoms with van der Waals surface area (Å²) in [6, 6.07) is 3.40. The van der Waals surface area contributed by atoms with Gasteiger partial charge in [0.25, 0.3) is 0 Å². The van der Waals surface area contributed by atoms with Crippen LogP contribution < -0.4 is 10.5 Å². The maximum atomic E-state index is 5.58. The fourth-order valence-electron chi connectivity index (χ4n) is 0.740. The van der Waals surface area contributed by atoms with Crippen molar-refractivity contribution in [1.29, 1.82) is 0 Å². The number of nitrogens with zero attached hydrogens (tertiary/aromatic N) is 2. The van der Waals surface area contributed by atoms with Gasteiger partial charge in [0.05, 0.1) is 0 Å².